The number of carbonyl (C=O) groups excluding carboxylic acids is 2. The van der Waals surface area contributed by atoms with Crippen LogP contribution in [0.1, 0.15) is 39.5 Å². The first kappa shape index (κ1) is 21.8. The fourth-order valence-electron chi connectivity index (χ4n) is 3.86. The fraction of sp³-hybridized carbons (Fsp3) is 0.632. The van der Waals surface area contributed by atoms with Gasteiger partial charge in [-0.3, -0.25) is 24.3 Å². The lowest BCUT2D eigenvalue weighted by Crippen LogP contribution is -2.49. The molecule has 11 nitrogen and oxygen atoms in total. The van der Waals surface area contributed by atoms with E-state index in [0.717, 1.165) is 12.8 Å². The number of nitrogens with one attached hydrogen (secondary N) is 3. The zero-order valence-corrected chi connectivity index (χ0v) is 17.5. The maximum absolute atomic E-state index is 12.2. The van der Waals surface area contributed by atoms with Gasteiger partial charge in [-0.25, -0.2) is 4.98 Å². The largest absolute Gasteiger partial charge is 0.369 e. The Morgan fingerprint density at radius 3 is 2.63 bits per heavy atom. The fourth-order valence-corrected chi connectivity index (χ4v) is 3.86. The number of rotatable bonds is 8. The summed E-state index contributed by atoms with van der Waals surface area (Å²) in [5.41, 5.74) is 5.75. The number of aromatic nitrogens is 4. The predicted molar refractivity (Wildman–Crippen MR) is 113 cm³/mol. The van der Waals surface area contributed by atoms with Gasteiger partial charge in [-0.2, -0.15) is 4.98 Å². The lowest BCUT2D eigenvalue weighted by molar-refractivity contribution is -0.124. The van der Waals surface area contributed by atoms with E-state index in [-0.39, 0.29) is 29.7 Å². The van der Waals surface area contributed by atoms with E-state index in [1.807, 2.05) is 0 Å². The molecule has 1 fully saturated rings. The van der Waals surface area contributed by atoms with Crippen molar-refractivity contribution in [3.63, 3.8) is 0 Å². The Morgan fingerprint density at radius 1 is 1.20 bits per heavy atom. The second kappa shape index (κ2) is 9.70. The van der Waals surface area contributed by atoms with Crippen LogP contribution in [0.5, 0.6) is 0 Å². The molecule has 2 aromatic rings. The summed E-state index contributed by atoms with van der Waals surface area (Å²) in [5, 5.41) is 5.61. The van der Waals surface area contributed by atoms with E-state index in [1.54, 1.807) is 4.57 Å². The van der Waals surface area contributed by atoms with Crippen LogP contribution in [0.4, 0.5) is 5.95 Å². The van der Waals surface area contributed by atoms with Crippen molar-refractivity contribution < 1.29 is 9.59 Å². The molecule has 1 aliphatic rings. The summed E-state index contributed by atoms with van der Waals surface area (Å²) in [6, 6.07) is 0.810. The monoisotopic (exact) mass is 418 g/mol. The summed E-state index contributed by atoms with van der Waals surface area (Å²) in [5.74, 6) is -0.200. The highest BCUT2D eigenvalue weighted by atomic mass is 16.2. The second-order valence-electron chi connectivity index (χ2n) is 7.81. The maximum atomic E-state index is 12.2. The maximum Gasteiger partial charge on any atom is 0.280 e. The van der Waals surface area contributed by atoms with Gasteiger partial charge in [0.15, 0.2) is 11.2 Å². The minimum Gasteiger partial charge on any atom is -0.369 e. The number of carbonyl (C=O) groups is 2. The molecule has 0 aromatic carbocycles. The molecule has 0 saturated carbocycles. The smallest absolute Gasteiger partial charge is 0.280 e. The average Bonchev–Trinajstić information content (AvgIpc) is 3.08. The Morgan fingerprint density at radius 2 is 1.90 bits per heavy atom. The molecule has 2 amide bonds. The molecule has 0 aliphatic carbocycles. The van der Waals surface area contributed by atoms with E-state index in [9.17, 15) is 14.4 Å². The van der Waals surface area contributed by atoms with Crippen LogP contribution in [0.3, 0.4) is 0 Å². The number of H-pyrrole nitrogens is 1. The Balaban J connectivity index is 1.37. The highest BCUT2D eigenvalue weighted by molar-refractivity contribution is 5.80. The molecule has 0 spiro atoms. The third kappa shape index (κ3) is 5.35. The van der Waals surface area contributed by atoms with E-state index in [4.69, 9.17) is 5.73 Å². The van der Waals surface area contributed by atoms with Crippen LogP contribution < -0.4 is 21.9 Å². The van der Waals surface area contributed by atoms with Gasteiger partial charge in [0.2, 0.25) is 17.8 Å². The van der Waals surface area contributed by atoms with Gasteiger partial charge in [-0.1, -0.05) is 6.42 Å². The summed E-state index contributed by atoms with van der Waals surface area (Å²) in [4.78, 5) is 48.7. The van der Waals surface area contributed by atoms with Crippen LogP contribution in [0.15, 0.2) is 11.1 Å². The summed E-state index contributed by atoms with van der Waals surface area (Å²) in [6.45, 7) is 5.71. The molecule has 2 unspecified atom stereocenters. The first-order valence-electron chi connectivity index (χ1n) is 10.3. The number of hydrogen-bond donors (Lipinski definition) is 4. The van der Waals surface area contributed by atoms with Gasteiger partial charge in [-0.15, -0.1) is 0 Å². The number of piperidine rings is 1. The highest BCUT2D eigenvalue weighted by Gasteiger charge is 2.26. The van der Waals surface area contributed by atoms with Crippen molar-refractivity contribution >= 4 is 28.9 Å². The zero-order valence-electron chi connectivity index (χ0n) is 17.5. The van der Waals surface area contributed by atoms with Crippen molar-refractivity contribution in [2.45, 2.75) is 58.2 Å². The predicted octanol–water partition coefficient (Wildman–Crippen LogP) is -0.413. The summed E-state index contributed by atoms with van der Waals surface area (Å²) in [6.07, 6.45) is 5.12. The van der Waals surface area contributed by atoms with Gasteiger partial charge in [0.05, 0.1) is 12.9 Å². The summed E-state index contributed by atoms with van der Waals surface area (Å²) < 4.78 is 1.66. The Labute approximate surface area is 174 Å². The van der Waals surface area contributed by atoms with Crippen molar-refractivity contribution in [3.05, 3.63) is 16.7 Å². The van der Waals surface area contributed by atoms with Gasteiger partial charge in [0.1, 0.15) is 0 Å². The van der Waals surface area contributed by atoms with Gasteiger partial charge in [-0.05, 0) is 26.7 Å². The molecule has 5 N–H and O–H groups in total. The first-order chi connectivity index (χ1) is 14.3. The summed E-state index contributed by atoms with van der Waals surface area (Å²) in [7, 11) is 0. The van der Waals surface area contributed by atoms with Crippen LogP contribution in [-0.2, 0) is 16.1 Å². The normalized spacial score (nSPS) is 19.7. The third-order valence-corrected chi connectivity index (χ3v) is 5.54. The lowest BCUT2D eigenvalue weighted by Gasteiger charge is -2.38. The van der Waals surface area contributed by atoms with Crippen molar-refractivity contribution in [2.75, 3.05) is 25.4 Å². The number of imidazole rings is 1. The molecule has 3 rings (SSSR count). The molecule has 3 heterocycles. The number of likely N-dealkylation sites (tertiary alicyclic amines) is 1. The van der Waals surface area contributed by atoms with Crippen molar-refractivity contribution in [1.82, 2.24) is 35.1 Å². The van der Waals surface area contributed by atoms with E-state index < -0.39 is 5.56 Å². The van der Waals surface area contributed by atoms with Gasteiger partial charge < -0.3 is 20.9 Å². The SMILES string of the molecule is CC1CCCC(C)N1CC(=O)NCCC(=O)NCCn1cnc2c(=O)[nH]c(N)nc21. The van der Waals surface area contributed by atoms with Crippen LogP contribution >= 0.6 is 0 Å². The number of nitrogens with zero attached hydrogens (tertiary/aromatic N) is 4. The number of hydrogen-bond acceptors (Lipinski definition) is 7. The minimum atomic E-state index is -0.399. The van der Waals surface area contributed by atoms with E-state index in [1.165, 1.54) is 12.7 Å². The Bertz CT molecular complexity index is 943. The Kier molecular flexibility index (Phi) is 7.03. The second-order valence-corrected chi connectivity index (χ2v) is 7.81. The molecule has 0 radical (unpaired) electrons. The van der Waals surface area contributed by atoms with Gasteiger partial charge in [0, 0.05) is 38.1 Å². The van der Waals surface area contributed by atoms with Crippen LogP contribution in [0, 0.1) is 0 Å². The standard InChI is InChI=1S/C19H30N8O3/c1-12-4-3-5-13(2)27(12)10-15(29)21-7-6-14(28)22-8-9-26-11-23-16-17(26)24-19(20)25-18(16)30/h11-13H,3-10H2,1-2H3,(H,21,29)(H,22,28)(H3,20,24,25,30). The molecule has 1 saturated heterocycles. The number of amides is 2. The van der Waals surface area contributed by atoms with Crippen LogP contribution in [-0.4, -0.2) is 68.0 Å². The van der Waals surface area contributed by atoms with E-state index >= 15 is 0 Å². The Hall–Kier alpha value is -2.95. The highest BCUT2D eigenvalue weighted by Crippen LogP contribution is 2.21. The third-order valence-electron chi connectivity index (χ3n) is 5.54. The molecule has 11 heteroatoms. The van der Waals surface area contributed by atoms with E-state index in [2.05, 4.69) is 44.3 Å². The van der Waals surface area contributed by atoms with Crippen molar-refractivity contribution in [2.24, 2.45) is 0 Å². The quantitative estimate of drug-likeness (QED) is 0.455. The topological polar surface area (TPSA) is 151 Å². The molecule has 1 aliphatic heterocycles. The summed E-state index contributed by atoms with van der Waals surface area (Å²) >= 11 is 0. The number of anilines is 1. The molecular weight excluding hydrogens is 388 g/mol. The molecule has 164 valence electrons. The van der Waals surface area contributed by atoms with Crippen LogP contribution in [0.2, 0.25) is 0 Å². The van der Waals surface area contributed by atoms with Crippen molar-refractivity contribution in [1.29, 1.82) is 0 Å². The molecule has 30 heavy (non-hydrogen) atoms. The van der Waals surface area contributed by atoms with Gasteiger partial charge >= 0.3 is 0 Å². The minimum absolute atomic E-state index is 0.0161. The number of aromatic amines is 1. The van der Waals surface area contributed by atoms with Gasteiger partial charge in [0.25, 0.3) is 5.56 Å². The average molecular weight is 419 g/mol. The molecule has 2 aromatic heterocycles. The molecule has 2 atom stereocenters. The number of nitrogen functional groups attached to an aromatic ring is 1. The van der Waals surface area contributed by atoms with E-state index in [0.29, 0.717) is 43.9 Å². The first-order valence-corrected chi connectivity index (χ1v) is 10.3. The number of fused-ring (bicyclic) bond motifs is 1. The van der Waals surface area contributed by atoms with Crippen molar-refractivity contribution in [3.8, 4) is 0 Å². The lowest BCUT2D eigenvalue weighted by atomic mass is 9.97. The van der Waals surface area contributed by atoms with Crippen LogP contribution in [0.25, 0.3) is 11.2 Å². The number of nitrogens with two attached hydrogens (primary N) is 1. The molecular formula is C19H30N8O3. The zero-order chi connectivity index (χ0) is 21.7. The molecule has 0 bridgehead atoms.